The Balaban J connectivity index is 1.73. The number of rotatable bonds is 8. The van der Waals surface area contributed by atoms with Gasteiger partial charge in [-0.2, -0.15) is 0 Å². The molecule has 0 amide bonds. The average molecular weight is 302 g/mol. The maximum absolute atomic E-state index is 9.90. The molecule has 0 aliphatic heterocycles. The average Bonchev–Trinajstić information content (AvgIpc) is 2.59. The zero-order valence-corrected chi connectivity index (χ0v) is 13.0. The van der Waals surface area contributed by atoms with E-state index in [9.17, 15) is 5.11 Å². The van der Waals surface area contributed by atoms with Crippen LogP contribution in [0.5, 0.6) is 17.2 Å². The molecule has 0 saturated heterocycles. The first kappa shape index (κ1) is 16.2. The van der Waals surface area contributed by atoms with Crippen molar-refractivity contribution in [2.24, 2.45) is 0 Å². The second-order valence-corrected chi connectivity index (χ2v) is 4.95. The highest BCUT2D eigenvalue weighted by atomic mass is 16.5. The summed E-state index contributed by atoms with van der Waals surface area (Å²) in [6.45, 7) is 2.48. The number of aliphatic hydroxyl groups excluding tert-OH is 1. The molecule has 2 rings (SSSR count). The van der Waals surface area contributed by atoms with E-state index in [1.807, 2.05) is 36.4 Å². The number of ether oxygens (including phenoxy) is 3. The fraction of sp³-hybridized carbons (Fsp3) is 0.333. The highest BCUT2D eigenvalue weighted by Crippen LogP contribution is 2.17. The van der Waals surface area contributed by atoms with Crippen LogP contribution in [-0.2, 0) is 6.42 Å². The van der Waals surface area contributed by atoms with Crippen molar-refractivity contribution in [1.29, 1.82) is 0 Å². The van der Waals surface area contributed by atoms with Crippen LogP contribution < -0.4 is 14.2 Å². The van der Waals surface area contributed by atoms with Gasteiger partial charge in [-0.15, -0.1) is 0 Å². The summed E-state index contributed by atoms with van der Waals surface area (Å²) in [6, 6.07) is 15.1. The van der Waals surface area contributed by atoms with E-state index in [1.165, 1.54) is 5.56 Å². The minimum atomic E-state index is -0.687. The maximum Gasteiger partial charge on any atom is 0.122 e. The van der Waals surface area contributed by atoms with Crippen LogP contribution in [0.25, 0.3) is 0 Å². The first-order chi connectivity index (χ1) is 10.7. The summed E-state index contributed by atoms with van der Waals surface area (Å²) in [6.07, 6.45) is 0.312. The van der Waals surface area contributed by atoms with Gasteiger partial charge in [0.15, 0.2) is 0 Å². The second-order valence-electron chi connectivity index (χ2n) is 4.95. The van der Waals surface area contributed by atoms with Crippen LogP contribution in [-0.4, -0.2) is 31.5 Å². The number of aliphatic hydroxyl groups is 1. The summed E-state index contributed by atoms with van der Waals surface area (Å²) in [7, 11) is 1.62. The quantitative estimate of drug-likeness (QED) is 0.814. The Kier molecular flexibility index (Phi) is 6.10. The van der Waals surface area contributed by atoms with E-state index in [2.05, 4.69) is 6.92 Å². The minimum Gasteiger partial charge on any atom is -0.497 e. The number of hydrogen-bond acceptors (Lipinski definition) is 4. The molecule has 1 N–H and O–H groups in total. The molecule has 0 radical (unpaired) electrons. The molecule has 0 aromatic heterocycles. The monoisotopic (exact) mass is 302 g/mol. The molecule has 0 saturated carbocycles. The van der Waals surface area contributed by atoms with Gasteiger partial charge in [0, 0.05) is 0 Å². The molecule has 118 valence electrons. The second kappa shape index (κ2) is 8.29. The van der Waals surface area contributed by atoms with Crippen molar-refractivity contribution in [1.82, 2.24) is 0 Å². The summed E-state index contributed by atoms with van der Waals surface area (Å²) in [4.78, 5) is 0. The molecular weight excluding hydrogens is 280 g/mol. The van der Waals surface area contributed by atoms with Gasteiger partial charge in [-0.1, -0.05) is 19.1 Å². The highest BCUT2D eigenvalue weighted by molar-refractivity contribution is 5.31. The predicted octanol–water partition coefficient (Wildman–Crippen LogP) is 3.08. The van der Waals surface area contributed by atoms with Crippen molar-refractivity contribution < 1.29 is 19.3 Å². The van der Waals surface area contributed by atoms with Crippen LogP contribution in [0.1, 0.15) is 12.5 Å². The summed E-state index contributed by atoms with van der Waals surface area (Å²) < 4.78 is 16.1. The topological polar surface area (TPSA) is 47.9 Å². The smallest absolute Gasteiger partial charge is 0.122 e. The highest BCUT2D eigenvalue weighted by Gasteiger charge is 2.07. The Morgan fingerprint density at radius 3 is 1.73 bits per heavy atom. The van der Waals surface area contributed by atoms with E-state index < -0.39 is 6.10 Å². The van der Waals surface area contributed by atoms with Crippen LogP contribution in [0, 0.1) is 0 Å². The Bertz CT molecular complexity index is 497. The van der Waals surface area contributed by atoms with Gasteiger partial charge in [0.1, 0.15) is 36.6 Å². The number of benzene rings is 2. The van der Waals surface area contributed by atoms with Gasteiger partial charge in [-0.25, -0.2) is 0 Å². The van der Waals surface area contributed by atoms with Gasteiger partial charge in [-0.05, 0) is 48.4 Å². The van der Waals surface area contributed by atoms with Gasteiger partial charge < -0.3 is 19.3 Å². The lowest BCUT2D eigenvalue weighted by Gasteiger charge is -2.14. The van der Waals surface area contributed by atoms with Crippen molar-refractivity contribution >= 4 is 0 Å². The Morgan fingerprint density at radius 2 is 1.27 bits per heavy atom. The summed E-state index contributed by atoms with van der Waals surface area (Å²) in [5.41, 5.74) is 1.26. The van der Waals surface area contributed by atoms with Crippen LogP contribution in [0.4, 0.5) is 0 Å². The molecular formula is C18H22O4. The molecule has 1 atom stereocenters. The predicted molar refractivity (Wildman–Crippen MR) is 85.8 cm³/mol. The van der Waals surface area contributed by atoms with Gasteiger partial charge in [0.25, 0.3) is 0 Å². The molecule has 2 aromatic rings. The molecule has 0 bridgehead atoms. The zero-order chi connectivity index (χ0) is 15.8. The Hall–Kier alpha value is -2.20. The molecule has 0 aliphatic carbocycles. The van der Waals surface area contributed by atoms with Gasteiger partial charge in [-0.3, -0.25) is 0 Å². The summed E-state index contributed by atoms with van der Waals surface area (Å²) >= 11 is 0. The summed E-state index contributed by atoms with van der Waals surface area (Å²) in [5, 5.41) is 9.90. The third-order valence-electron chi connectivity index (χ3n) is 3.28. The Labute approximate surface area is 131 Å². The third kappa shape index (κ3) is 4.97. The van der Waals surface area contributed by atoms with Crippen LogP contribution >= 0.6 is 0 Å². The first-order valence-corrected chi connectivity index (χ1v) is 7.38. The van der Waals surface area contributed by atoms with Crippen molar-refractivity contribution in [3.63, 3.8) is 0 Å². The van der Waals surface area contributed by atoms with Gasteiger partial charge in [0.05, 0.1) is 7.11 Å². The van der Waals surface area contributed by atoms with Gasteiger partial charge in [0.2, 0.25) is 0 Å². The third-order valence-corrected chi connectivity index (χ3v) is 3.28. The number of methoxy groups -OCH3 is 1. The Morgan fingerprint density at radius 1 is 0.818 bits per heavy atom. The first-order valence-electron chi connectivity index (χ1n) is 7.38. The lowest BCUT2D eigenvalue weighted by atomic mass is 10.2. The molecule has 0 spiro atoms. The molecule has 2 aromatic carbocycles. The number of hydrogen-bond donors (Lipinski definition) is 1. The normalized spacial score (nSPS) is 11.8. The van der Waals surface area contributed by atoms with Crippen molar-refractivity contribution in [3.05, 3.63) is 54.1 Å². The molecule has 22 heavy (non-hydrogen) atoms. The molecule has 4 nitrogen and oxygen atoms in total. The molecule has 0 heterocycles. The fourth-order valence-corrected chi connectivity index (χ4v) is 1.93. The van der Waals surface area contributed by atoms with E-state index in [0.29, 0.717) is 5.75 Å². The lowest BCUT2D eigenvalue weighted by Crippen LogP contribution is -2.25. The molecule has 0 unspecified atom stereocenters. The van der Waals surface area contributed by atoms with Gasteiger partial charge >= 0.3 is 0 Å². The van der Waals surface area contributed by atoms with Crippen molar-refractivity contribution in [2.75, 3.05) is 20.3 Å². The summed E-state index contributed by atoms with van der Waals surface area (Å²) in [5.74, 6) is 2.21. The lowest BCUT2D eigenvalue weighted by molar-refractivity contribution is 0.0626. The van der Waals surface area contributed by atoms with E-state index in [-0.39, 0.29) is 13.2 Å². The molecule has 0 aliphatic rings. The standard InChI is InChI=1S/C18H22O4/c1-3-14-4-6-17(7-5-14)21-12-15(19)13-22-18-10-8-16(20-2)9-11-18/h4-11,15,19H,3,12-13H2,1-2H3/t15-/m1/s1. The van der Waals surface area contributed by atoms with Crippen LogP contribution in [0.2, 0.25) is 0 Å². The van der Waals surface area contributed by atoms with Crippen molar-refractivity contribution in [2.45, 2.75) is 19.4 Å². The SMILES string of the molecule is CCc1ccc(OC[C@@H](O)COc2ccc(OC)cc2)cc1. The minimum absolute atomic E-state index is 0.180. The maximum atomic E-state index is 9.90. The zero-order valence-electron chi connectivity index (χ0n) is 13.0. The fourth-order valence-electron chi connectivity index (χ4n) is 1.93. The molecule has 4 heteroatoms. The molecule has 0 fully saturated rings. The van der Waals surface area contributed by atoms with E-state index in [1.54, 1.807) is 19.2 Å². The largest absolute Gasteiger partial charge is 0.497 e. The van der Waals surface area contributed by atoms with E-state index >= 15 is 0 Å². The van der Waals surface area contributed by atoms with Crippen LogP contribution in [0.15, 0.2) is 48.5 Å². The van der Waals surface area contributed by atoms with Crippen molar-refractivity contribution in [3.8, 4) is 17.2 Å². The van der Waals surface area contributed by atoms with E-state index in [4.69, 9.17) is 14.2 Å². The number of aryl methyl sites for hydroxylation is 1. The van der Waals surface area contributed by atoms with E-state index in [0.717, 1.165) is 17.9 Å². The van der Waals surface area contributed by atoms with Crippen LogP contribution in [0.3, 0.4) is 0 Å².